The van der Waals surface area contributed by atoms with Crippen LogP contribution in [0.1, 0.15) is 22.1 Å². The molecule has 0 saturated carbocycles. The van der Waals surface area contributed by atoms with Gasteiger partial charge in [-0.15, -0.1) is 11.3 Å². The van der Waals surface area contributed by atoms with E-state index in [1.54, 1.807) is 31.4 Å². The zero-order chi connectivity index (χ0) is 18.6. The average Bonchev–Trinajstić information content (AvgIpc) is 3.41. The molecule has 9 heteroatoms. The number of fused-ring (bicyclic) bond motifs is 1. The van der Waals surface area contributed by atoms with E-state index < -0.39 is 0 Å². The van der Waals surface area contributed by atoms with E-state index in [0.29, 0.717) is 18.2 Å². The lowest BCUT2D eigenvalue weighted by Crippen LogP contribution is -2.23. The number of carbonyl (C=O) groups excluding carboxylic acids is 1. The van der Waals surface area contributed by atoms with Crippen LogP contribution in [0.5, 0.6) is 11.5 Å². The van der Waals surface area contributed by atoms with Crippen molar-refractivity contribution in [1.29, 1.82) is 0 Å². The van der Waals surface area contributed by atoms with E-state index in [9.17, 15) is 4.79 Å². The molecule has 0 aliphatic heterocycles. The van der Waals surface area contributed by atoms with Gasteiger partial charge in [-0.1, -0.05) is 0 Å². The Labute approximate surface area is 158 Å². The second-order valence-corrected chi connectivity index (χ2v) is 6.47. The molecule has 0 radical (unpaired) electrons. The number of hydrogen-bond donors (Lipinski definition) is 1. The number of carbonyl (C=O) groups is 1. The molecule has 0 saturated heterocycles. The highest BCUT2D eigenvalue weighted by atomic mass is 32.1. The summed E-state index contributed by atoms with van der Waals surface area (Å²) in [5.41, 5.74) is 0.978. The SMILES string of the molecule is COc1ccc(OCc2nc(C(=O)NCc3cn4ccsc4n3)co2)cc1. The number of hydrogen-bond acceptors (Lipinski definition) is 7. The summed E-state index contributed by atoms with van der Waals surface area (Å²) >= 11 is 1.54. The molecule has 138 valence electrons. The molecule has 0 aliphatic rings. The Morgan fingerprint density at radius 3 is 2.85 bits per heavy atom. The van der Waals surface area contributed by atoms with Gasteiger partial charge in [-0.2, -0.15) is 0 Å². The van der Waals surface area contributed by atoms with Crippen molar-refractivity contribution < 1.29 is 18.7 Å². The van der Waals surface area contributed by atoms with Crippen LogP contribution in [-0.2, 0) is 13.2 Å². The van der Waals surface area contributed by atoms with Crippen LogP contribution in [-0.4, -0.2) is 27.4 Å². The Morgan fingerprint density at radius 2 is 2.07 bits per heavy atom. The van der Waals surface area contributed by atoms with E-state index in [-0.39, 0.29) is 18.2 Å². The van der Waals surface area contributed by atoms with Crippen molar-refractivity contribution >= 4 is 22.2 Å². The van der Waals surface area contributed by atoms with Crippen molar-refractivity contribution in [2.75, 3.05) is 7.11 Å². The highest BCUT2D eigenvalue weighted by molar-refractivity contribution is 7.15. The number of benzene rings is 1. The number of methoxy groups -OCH3 is 1. The molecule has 0 fully saturated rings. The maximum Gasteiger partial charge on any atom is 0.273 e. The smallest absolute Gasteiger partial charge is 0.273 e. The van der Waals surface area contributed by atoms with Crippen LogP contribution in [0.25, 0.3) is 4.96 Å². The van der Waals surface area contributed by atoms with E-state index in [1.807, 2.05) is 22.2 Å². The molecule has 0 spiro atoms. The summed E-state index contributed by atoms with van der Waals surface area (Å²) in [7, 11) is 1.60. The van der Waals surface area contributed by atoms with E-state index in [2.05, 4.69) is 15.3 Å². The van der Waals surface area contributed by atoms with Crippen molar-refractivity contribution in [1.82, 2.24) is 19.7 Å². The number of oxazole rings is 1. The Balaban J connectivity index is 1.30. The van der Waals surface area contributed by atoms with E-state index >= 15 is 0 Å². The first-order valence-electron chi connectivity index (χ1n) is 8.12. The third kappa shape index (κ3) is 3.93. The van der Waals surface area contributed by atoms with Gasteiger partial charge in [0.2, 0.25) is 5.89 Å². The number of nitrogens with one attached hydrogen (secondary N) is 1. The van der Waals surface area contributed by atoms with Crippen LogP contribution in [0.3, 0.4) is 0 Å². The number of rotatable bonds is 7. The number of ether oxygens (including phenoxy) is 2. The highest BCUT2D eigenvalue weighted by Crippen LogP contribution is 2.18. The zero-order valence-electron chi connectivity index (χ0n) is 14.4. The van der Waals surface area contributed by atoms with Crippen LogP contribution in [0.15, 0.2) is 52.7 Å². The van der Waals surface area contributed by atoms with Crippen LogP contribution >= 0.6 is 11.3 Å². The normalized spacial score (nSPS) is 10.9. The Hall–Kier alpha value is -3.33. The molecule has 1 amide bonds. The lowest BCUT2D eigenvalue weighted by molar-refractivity contribution is 0.0945. The molecule has 0 aliphatic carbocycles. The molecule has 1 N–H and O–H groups in total. The molecular weight excluding hydrogens is 368 g/mol. The van der Waals surface area contributed by atoms with Gasteiger partial charge >= 0.3 is 0 Å². The van der Waals surface area contributed by atoms with Crippen molar-refractivity contribution in [2.24, 2.45) is 0 Å². The second-order valence-electron chi connectivity index (χ2n) is 5.60. The van der Waals surface area contributed by atoms with Gasteiger partial charge in [0, 0.05) is 17.8 Å². The molecule has 4 rings (SSSR count). The standard InChI is InChI=1S/C18H16N4O4S/c1-24-13-2-4-14(5-3-13)25-11-16-21-15(10-26-16)17(23)19-8-12-9-22-6-7-27-18(22)20-12/h2-7,9-10H,8,11H2,1H3,(H,19,23). The molecule has 1 aromatic carbocycles. The Morgan fingerprint density at radius 1 is 1.26 bits per heavy atom. The quantitative estimate of drug-likeness (QED) is 0.527. The predicted octanol–water partition coefficient (Wildman–Crippen LogP) is 2.90. The molecule has 0 unspecified atom stereocenters. The number of thiazole rings is 1. The minimum absolute atomic E-state index is 0.122. The molecule has 27 heavy (non-hydrogen) atoms. The zero-order valence-corrected chi connectivity index (χ0v) is 15.2. The second kappa shape index (κ2) is 7.50. The number of amides is 1. The first kappa shape index (κ1) is 17.1. The van der Waals surface area contributed by atoms with Gasteiger partial charge in [0.1, 0.15) is 17.8 Å². The summed E-state index contributed by atoms with van der Waals surface area (Å²) < 4.78 is 17.9. The van der Waals surface area contributed by atoms with Gasteiger partial charge < -0.3 is 19.2 Å². The van der Waals surface area contributed by atoms with Crippen LogP contribution < -0.4 is 14.8 Å². The summed E-state index contributed by atoms with van der Waals surface area (Å²) in [6.45, 7) is 0.439. The highest BCUT2D eigenvalue weighted by Gasteiger charge is 2.13. The average molecular weight is 384 g/mol. The largest absolute Gasteiger partial charge is 0.497 e. The van der Waals surface area contributed by atoms with Gasteiger partial charge in [0.25, 0.3) is 5.91 Å². The minimum atomic E-state index is -0.328. The first-order valence-corrected chi connectivity index (χ1v) is 9.00. The van der Waals surface area contributed by atoms with Gasteiger partial charge in [0.15, 0.2) is 17.3 Å². The summed E-state index contributed by atoms with van der Waals surface area (Å²) in [5.74, 6) is 1.39. The van der Waals surface area contributed by atoms with Crippen LogP contribution in [0.2, 0.25) is 0 Å². The first-order chi connectivity index (χ1) is 13.2. The fraction of sp³-hybridized carbons (Fsp3) is 0.167. The van der Waals surface area contributed by atoms with Crippen molar-refractivity contribution in [3.63, 3.8) is 0 Å². The number of aromatic nitrogens is 3. The minimum Gasteiger partial charge on any atom is -0.497 e. The lowest BCUT2D eigenvalue weighted by atomic mass is 10.3. The number of imidazole rings is 1. The third-order valence-electron chi connectivity index (χ3n) is 3.78. The molecule has 3 heterocycles. The third-order valence-corrected chi connectivity index (χ3v) is 4.55. The van der Waals surface area contributed by atoms with Crippen molar-refractivity contribution in [3.8, 4) is 11.5 Å². The van der Waals surface area contributed by atoms with Gasteiger partial charge in [0.05, 0.1) is 19.3 Å². The molecule has 0 bridgehead atoms. The monoisotopic (exact) mass is 384 g/mol. The lowest BCUT2D eigenvalue weighted by Gasteiger charge is -2.04. The maximum absolute atomic E-state index is 12.2. The Kier molecular flexibility index (Phi) is 4.75. The fourth-order valence-corrected chi connectivity index (χ4v) is 3.14. The van der Waals surface area contributed by atoms with Crippen LogP contribution in [0.4, 0.5) is 0 Å². The van der Waals surface area contributed by atoms with Crippen molar-refractivity contribution in [3.05, 3.63) is 65.6 Å². The van der Waals surface area contributed by atoms with Gasteiger partial charge in [-0.3, -0.25) is 9.20 Å². The molecule has 8 nitrogen and oxygen atoms in total. The summed E-state index contributed by atoms with van der Waals surface area (Å²) in [5, 5.41) is 4.73. The summed E-state index contributed by atoms with van der Waals surface area (Å²) in [4.78, 5) is 21.7. The molecule has 0 atom stereocenters. The van der Waals surface area contributed by atoms with Gasteiger partial charge in [-0.25, -0.2) is 9.97 Å². The van der Waals surface area contributed by atoms with Crippen molar-refractivity contribution in [2.45, 2.75) is 13.2 Å². The topological polar surface area (TPSA) is 90.9 Å². The Bertz CT molecular complexity index is 1020. The number of nitrogens with zero attached hydrogens (tertiary/aromatic N) is 3. The molecule has 4 aromatic rings. The molecule has 3 aromatic heterocycles. The maximum atomic E-state index is 12.2. The molecular formula is C18H16N4O4S. The fourth-order valence-electron chi connectivity index (χ4n) is 2.42. The predicted molar refractivity (Wildman–Crippen MR) is 98.1 cm³/mol. The summed E-state index contributed by atoms with van der Waals surface area (Å²) in [6, 6.07) is 7.16. The van der Waals surface area contributed by atoms with Crippen LogP contribution in [0, 0.1) is 0 Å². The summed E-state index contributed by atoms with van der Waals surface area (Å²) in [6.07, 6.45) is 5.11. The van der Waals surface area contributed by atoms with E-state index in [0.717, 1.165) is 16.4 Å². The van der Waals surface area contributed by atoms with E-state index in [1.165, 1.54) is 17.6 Å². The van der Waals surface area contributed by atoms with E-state index in [4.69, 9.17) is 13.9 Å². The van der Waals surface area contributed by atoms with Gasteiger partial charge in [-0.05, 0) is 24.3 Å².